The summed E-state index contributed by atoms with van der Waals surface area (Å²) in [5, 5.41) is 47.3. The van der Waals surface area contributed by atoms with E-state index < -0.39 is 76.2 Å². The van der Waals surface area contributed by atoms with Gasteiger partial charge in [0.1, 0.15) is 29.5 Å². The second kappa shape index (κ2) is 8.94. The van der Waals surface area contributed by atoms with Crippen LogP contribution in [0.2, 0.25) is 0 Å². The Bertz CT molecular complexity index is 1240. The highest BCUT2D eigenvalue weighted by molar-refractivity contribution is 5.94. The Morgan fingerprint density at radius 3 is 2.26 bits per heavy atom. The van der Waals surface area contributed by atoms with Crippen LogP contribution in [0.3, 0.4) is 0 Å². The fourth-order valence-corrected chi connectivity index (χ4v) is 7.61. The quantitative estimate of drug-likeness (QED) is 0.320. The maximum atomic E-state index is 14.4. The molecule has 1 saturated heterocycles. The van der Waals surface area contributed by atoms with E-state index in [4.69, 9.17) is 14.2 Å². The number of carbonyl (C=O) groups is 3. The first kappa shape index (κ1) is 27.9. The van der Waals surface area contributed by atoms with Gasteiger partial charge >= 0.3 is 11.9 Å². The third-order valence-electron chi connectivity index (χ3n) is 9.92. The van der Waals surface area contributed by atoms with Gasteiger partial charge in [0.05, 0.1) is 29.8 Å². The SMILES string of the molecule is CC(=O)O[C@H]1C[C@H]2OC[C@@]2(O)[C@H]2[C@H](OC(=O)c3ccccc3)[C@]3(O)C[C@H](O)C(C)=C([C@@H](O)C(=O)[C@]12C)C3(C)C. The molecule has 5 rings (SSSR count). The van der Waals surface area contributed by atoms with Crippen molar-refractivity contribution in [1.29, 1.82) is 0 Å². The number of rotatable bonds is 3. The zero-order chi connectivity index (χ0) is 28.7. The molecule has 4 aliphatic rings. The van der Waals surface area contributed by atoms with Crippen molar-refractivity contribution in [2.24, 2.45) is 16.7 Å². The van der Waals surface area contributed by atoms with Crippen molar-refractivity contribution in [2.75, 3.05) is 6.61 Å². The minimum absolute atomic E-state index is 0.0383. The second-order valence-corrected chi connectivity index (χ2v) is 12.2. The van der Waals surface area contributed by atoms with Crippen molar-refractivity contribution in [2.45, 2.75) is 89.2 Å². The van der Waals surface area contributed by atoms with E-state index in [0.717, 1.165) is 0 Å². The Balaban J connectivity index is 1.79. The molecule has 1 aliphatic heterocycles. The van der Waals surface area contributed by atoms with E-state index in [1.807, 2.05) is 0 Å². The number of carbonyl (C=O) groups excluding carboxylic acids is 3. The molecule has 0 aromatic heterocycles. The normalized spacial score (nSPS) is 42.7. The van der Waals surface area contributed by atoms with Crippen LogP contribution in [0.1, 0.15) is 57.8 Å². The van der Waals surface area contributed by atoms with Gasteiger partial charge in [-0.1, -0.05) is 32.0 Å². The zero-order valence-electron chi connectivity index (χ0n) is 22.7. The molecule has 4 N–H and O–H groups in total. The fourth-order valence-electron chi connectivity index (χ4n) is 7.61. The molecule has 3 fully saturated rings. The minimum atomic E-state index is -2.06. The van der Waals surface area contributed by atoms with E-state index in [9.17, 15) is 34.8 Å². The van der Waals surface area contributed by atoms with Crippen LogP contribution in [0.15, 0.2) is 41.5 Å². The van der Waals surface area contributed by atoms with E-state index in [-0.39, 0.29) is 30.6 Å². The molecule has 0 radical (unpaired) electrons. The topological polar surface area (TPSA) is 160 Å². The zero-order valence-corrected chi connectivity index (χ0v) is 22.7. The highest BCUT2D eigenvalue weighted by atomic mass is 16.6. The summed E-state index contributed by atoms with van der Waals surface area (Å²) >= 11 is 0. The van der Waals surface area contributed by atoms with Gasteiger partial charge in [0.2, 0.25) is 0 Å². The van der Waals surface area contributed by atoms with E-state index in [2.05, 4.69) is 0 Å². The number of aliphatic hydroxyl groups excluding tert-OH is 2. The number of benzene rings is 1. The first-order valence-corrected chi connectivity index (χ1v) is 13.2. The predicted molar refractivity (Wildman–Crippen MR) is 135 cm³/mol. The number of hydrogen-bond acceptors (Lipinski definition) is 10. The number of ketones is 1. The molecule has 0 spiro atoms. The van der Waals surface area contributed by atoms with Crippen molar-refractivity contribution in [1.82, 2.24) is 0 Å². The van der Waals surface area contributed by atoms with Gasteiger partial charge in [0, 0.05) is 31.1 Å². The van der Waals surface area contributed by atoms with Crippen LogP contribution in [0, 0.1) is 16.7 Å². The van der Waals surface area contributed by atoms with Gasteiger partial charge in [-0.05, 0) is 37.1 Å². The fraction of sp³-hybridized carbons (Fsp3) is 0.621. The lowest BCUT2D eigenvalue weighted by Gasteiger charge is -2.67. The number of ether oxygens (including phenoxy) is 3. The third kappa shape index (κ3) is 3.69. The molecular weight excluding hydrogens is 508 g/mol. The van der Waals surface area contributed by atoms with Crippen LogP contribution in [-0.2, 0) is 23.8 Å². The number of esters is 2. The van der Waals surface area contributed by atoms with Gasteiger partial charge in [0.15, 0.2) is 5.78 Å². The summed E-state index contributed by atoms with van der Waals surface area (Å²) in [6.45, 7) is 7.24. The van der Waals surface area contributed by atoms with Crippen molar-refractivity contribution in [3.05, 3.63) is 47.0 Å². The van der Waals surface area contributed by atoms with Crippen LogP contribution in [0.25, 0.3) is 0 Å². The molecule has 2 saturated carbocycles. The lowest BCUT2D eigenvalue weighted by molar-refractivity contribution is -0.344. The monoisotopic (exact) mass is 544 g/mol. The molecule has 39 heavy (non-hydrogen) atoms. The van der Waals surface area contributed by atoms with Crippen LogP contribution in [0.5, 0.6) is 0 Å². The summed E-state index contributed by atoms with van der Waals surface area (Å²) in [6.07, 6.45) is -7.02. The van der Waals surface area contributed by atoms with Crippen LogP contribution in [-0.4, -0.2) is 86.5 Å². The summed E-state index contributed by atoms with van der Waals surface area (Å²) < 4.78 is 17.4. The first-order chi connectivity index (χ1) is 18.1. The summed E-state index contributed by atoms with van der Waals surface area (Å²) in [6, 6.07) is 8.08. The van der Waals surface area contributed by atoms with Crippen molar-refractivity contribution >= 4 is 17.7 Å². The average molecular weight is 545 g/mol. The summed E-state index contributed by atoms with van der Waals surface area (Å²) in [5.41, 5.74) is -6.42. The molecule has 10 nitrogen and oxygen atoms in total. The largest absolute Gasteiger partial charge is 0.461 e. The van der Waals surface area contributed by atoms with Gasteiger partial charge < -0.3 is 34.6 Å². The summed E-state index contributed by atoms with van der Waals surface area (Å²) in [7, 11) is 0. The Kier molecular flexibility index (Phi) is 6.40. The van der Waals surface area contributed by atoms with Crippen molar-refractivity contribution in [3.8, 4) is 0 Å². The van der Waals surface area contributed by atoms with E-state index in [0.29, 0.717) is 5.57 Å². The Morgan fingerprint density at radius 2 is 1.69 bits per heavy atom. The number of Topliss-reactive ketones (excluding diaryl/α,β-unsaturated/α-hetero) is 1. The van der Waals surface area contributed by atoms with Gasteiger partial charge in [-0.2, -0.15) is 0 Å². The molecule has 3 aliphatic carbocycles. The van der Waals surface area contributed by atoms with Gasteiger partial charge in [-0.15, -0.1) is 0 Å². The summed E-state index contributed by atoms with van der Waals surface area (Å²) in [4.78, 5) is 40.1. The maximum Gasteiger partial charge on any atom is 0.338 e. The third-order valence-corrected chi connectivity index (χ3v) is 9.92. The number of fused-ring (bicyclic) bond motifs is 5. The molecule has 0 unspecified atom stereocenters. The van der Waals surface area contributed by atoms with E-state index in [1.54, 1.807) is 39.0 Å². The molecule has 2 bridgehead atoms. The van der Waals surface area contributed by atoms with Crippen LogP contribution in [0.4, 0.5) is 0 Å². The Hall–Kier alpha value is -2.63. The lowest BCUT2D eigenvalue weighted by atomic mass is 9.44. The maximum absolute atomic E-state index is 14.4. The molecule has 1 aromatic carbocycles. The second-order valence-electron chi connectivity index (χ2n) is 12.2. The predicted octanol–water partition coefficient (Wildman–Crippen LogP) is 1.08. The smallest absolute Gasteiger partial charge is 0.338 e. The van der Waals surface area contributed by atoms with Crippen LogP contribution < -0.4 is 0 Å². The van der Waals surface area contributed by atoms with Gasteiger partial charge in [-0.25, -0.2) is 4.79 Å². The molecule has 212 valence electrons. The Morgan fingerprint density at radius 1 is 1.05 bits per heavy atom. The highest BCUT2D eigenvalue weighted by Crippen LogP contribution is 2.63. The standard InChI is InChI=1S/C29H36O10/c1-14-17(31)12-29(36)24(39-25(34)16-9-7-6-8-10-16)22-27(5,23(33)21(32)20(14)26(29,3)4)18(38-15(2)30)11-19-28(22,35)13-37-19/h6-10,17-19,21-22,24,31-32,35-36H,11-13H2,1-5H3/t17-,18-,19+,21+,22-,24-,27+,28-,29+/m0/s1. The lowest BCUT2D eigenvalue weighted by Crippen LogP contribution is -2.81. The van der Waals surface area contributed by atoms with Crippen LogP contribution >= 0.6 is 0 Å². The molecule has 9 atom stereocenters. The van der Waals surface area contributed by atoms with Gasteiger partial charge in [-0.3, -0.25) is 9.59 Å². The van der Waals surface area contributed by atoms with E-state index in [1.165, 1.54) is 26.0 Å². The highest BCUT2D eigenvalue weighted by Gasteiger charge is 2.76. The molecule has 10 heteroatoms. The molecule has 1 heterocycles. The number of hydrogen-bond donors (Lipinski definition) is 4. The Labute approximate surface area is 226 Å². The molecular formula is C29H36O10. The average Bonchev–Trinajstić information content (AvgIpc) is 2.87. The number of aliphatic hydroxyl groups is 4. The first-order valence-electron chi connectivity index (χ1n) is 13.2. The summed E-state index contributed by atoms with van der Waals surface area (Å²) in [5.74, 6) is -3.63. The molecule has 0 amide bonds. The van der Waals surface area contributed by atoms with Gasteiger partial charge in [0.25, 0.3) is 0 Å². The van der Waals surface area contributed by atoms with E-state index >= 15 is 0 Å². The molecule has 1 aromatic rings. The minimum Gasteiger partial charge on any atom is -0.461 e. The van der Waals surface area contributed by atoms with Crippen molar-refractivity contribution in [3.63, 3.8) is 0 Å². The van der Waals surface area contributed by atoms with Crippen molar-refractivity contribution < 1.29 is 49.0 Å².